The Morgan fingerprint density at radius 3 is 2.42 bits per heavy atom. The van der Waals surface area contributed by atoms with Gasteiger partial charge in [-0.2, -0.15) is 0 Å². The molecule has 1 saturated carbocycles. The first kappa shape index (κ1) is 23.9. The van der Waals surface area contributed by atoms with E-state index in [0.29, 0.717) is 36.4 Å². The number of amides is 2. The molecule has 2 N–H and O–H groups in total. The number of carboxylic acid groups (broad SMARTS) is 1. The zero-order valence-corrected chi connectivity index (χ0v) is 20.0. The van der Waals surface area contributed by atoms with Crippen molar-refractivity contribution in [1.82, 2.24) is 0 Å². The minimum atomic E-state index is -0.703. The van der Waals surface area contributed by atoms with E-state index in [0.717, 1.165) is 36.8 Å². The summed E-state index contributed by atoms with van der Waals surface area (Å²) in [6.45, 7) is 0.723. The number of hydrogen-bond donors (Lipinski definition) is 2. The van der Waals surface area contributed by atoms with Crippen LogP contribution in [0.4, 0.5) is 20.6 Å². The number of ether oxygens (including phenoxy) is 1. The molecule has 1 fully saturated rings. The van der Waals surface area contributed by atoms with Gasteiger partial charge in [0.1, 0.15) is 18.2 Å². The predicted octanol–water partition coefficient (Wildman–Crippen LogP) is 6.67. The van der Waals surface area contributed by atoms with Gasteiger partial charge in [0, 0.05) is 6.42 Å². The van der Waals surface area contributed by atoms with Gasteiger partial charge in [-0.15, -0.1) is 0 Å². The summed E-state index contributed by atoms with van der Waals surface area (Å²) >= 11 is 0. The number of carboxylic acids is 1. The van der Waals surface area contributed by atoms with Crippen molar-refractivity contribution in [3.63, 3.8) is 0 Å². The maximum Gasteiger partial charge on any atom is 0.326 e. The van der Waals surface area contributed by atoms with E-state index in [-0.39, 0.29) is 12.1 Å². The highest BCUT2D eigenvalue weighted by Crippen LogP contribution is 2.39. The third-order valence-electron chi connectivity index (χ3n) is 7.21. The summed E-state index contributed by atoms with van der Waals surface area (Å²) in [5.74, 6) is 0.194. The van der Waals surface area contributed by atoms with Crippen molar-refractivity contribution in [2.45, 2.75) is 38.0 Å². The molecule has 0 atom stereocenters. The molecule has 0 aromatic heterocycles. The van der Waals surface area contributed by atoms with Crippen LogP contribution in [0, 0.1) is 11.7 Å². The normalized spacial score (nSPS) is 19.2. The molecule has 3 aromatic carbocycles. The number of para-hydroxylation sites is 1. The van der Waals surface area contributed by atoms with Crippen LogP contribution < -0.4 is 15.0 Å². The molecule has 1 aliphatic carbocycles. The van der Waals surface area contributed by atoms with Crippen LogP contribution in [0.5, 0.6) is 5.75 Å². The average molecular weight is 489 g/mol. The average Bonchev–Trinajstić information content (AvgIpc) is 2.89. The van der Waals surface area contributed by atoms with Crippen LogP contribution in [0.15, 0.2) is 66.7 Å². The van der Waals surface area contributed by atoms with E-state index in [1.54, 1.807) is 17.0 Å². The van der Waals surface area contributed by atoms with Gasteiger partial charge in [0.05, 0.1) is 17.9 Å². The van der Waals surface area contributed by atoms with Crippen molar-refractivity contribution >= 4 is 23.4 Å². The van der Waals surface area contributed by atoms with Crippen molar-refractivity contribution in [3.8, 4) is 16.9 Å². The molecule has 0 saturated heterocycles. The molecular weight excluding hydrogens is 459 g/mol. The summed E-state index contributed by atoms with van der Waals surface area (Å²) in [4.78, 5) is 25.4. The molecule has 7 heteroatoms. The SMILES string of the molecule is O=C(O)CC1CCC(c2ccc(-c3ccc4c(c3)OCCN4C(=O)Nc3ccccc3F)cc2)CC1. The lowest BCUT2D eigenvalue weighted by atomic mass is 9.77. The van der Waals surface area contributed by atoms with Gasteiger partial charge < -0.3 is 15.2 Å². The van der Waals surface area contributed by atoms with Crippen molar-refractivity contribution in [2.75, 3.05) is 23.4 Å². The number of aliphatic carboxylic acids is 1. The molecular formula is C29H29FN2O4. The van der Waals surface area contributed by atoms with Crippen molar-refractivity contribution in [1.29, 1.82) is 0 Å². The number of hydrogen-bond acceptors (Lipinski definition) is 3. The first-order chi connectivity index (χ1) is 17.5. The number of carbonyl (C=O) groups excluding carboxylic acids is 1. The zero-order chi connectivity index (χ0) is 25.1. The highest BCUT2D eigenvalue weighted by atomic mass is 19.1. The molecule has 0 bridgehead atoms. The second-order valence-electron chi connectivity index (χ2n) is 9.53. The highest BCUT2D eigenvalue weighted by molar-refractivity contribution is 6.03. The number of urea groups is 1. The summed E-state index contributed by atoms with van der Waals surface area (Å²) in [6, 6.07) is 20.0. The Labute approximate surface area is 209 Å². The van der Waals surface area contributed by atoms with Gasteiger partial charge in [0.25, 0.3) is 0 Å². The van der Waals surface area contributed by atoms with Gasteiger partial charge in [-0.25, -0.2) is 9.18 Å². The maximum atomic E-state index is 14.0. The van der Waals surface area contributed by atoms with E-state index < -0.39 is 17.8 Å². The number of anilines is 2. The number of fused-ring (bicyclic) bond motifs is 1. The lowest BCUT2D eigenvalue weighted by molar-refractivity contribution is -0.138. The van der Waals surface area contributed by atoms with E-state index in [1.165, 1.54) is 17.7 Å². The van der Waals surface area contributed by atoms with Crippen LogP contribution in [-0.2, 0) is 4.79 Å². The fourth-order valence-electron chi connectivity index (χ4n) is 5.25. The van der Waals surface area contributed by atoms with Gasteiger partial charge in [-0.05, 0) is 78.5 Å². The Kier molecular flexibility index (Phi) is 6.89. The van der Waals surface area contributed by atoms with E-state index in [1.807, 2.05) is 18.2 Å². The number of halogens is 1. The molecule has 2 amide bonds. The van der Waals surface area contributed by atoms with Crippen molar-refractivity contribution in [2.24, 2.45) is 5.92 Å². The molecule has 0 unspecified atom stereocenters. The third-order valence-corrected chi connectivity index (χ3v) is 7.21. The lowest BCUT2D eigenvalue weighted by Crippen LogP contribution is -2.40. The molecule has 0 radical (unpaired) electrons. The minimum absolute atomic E-state index is 0.141. The zero-order valence-electron chi connectivity index (χ0n) is 20.0. The largest absolute Gasteiger partial charge is 0.490 e. The van der Waals surface area contributed by atoms with Crippen LogP contribution in [-0.4, -0.2) is 30.3 Å². The maximum absolute atomic E-state index is 14.0. The fraction of sp³-hybridized carbons (Fsp3) is 0.310. The Balaban J connectivity index is 1.27. The highest BCUT2D eigenvalue weighted by Gasteiger charge is 2.26. The van der Waals surface area contributed by atoms with Crippen LogP contribution >= 0.6 is 0 Å². The monoisotopic (exact) mass is 488 g/mol. The number of rotatable bonds is 5. The quantitative estimate of drug-likeness (QED) is 0.420. The van der Waals surface area contributed by atoms with Crippen LogP contribution in [0.2, 0.25) is 0 Å². The minimum Gasteiger partial charge on any atom is -0.490 e. The standard InChI is InChI=1S/C29H29FN2O4/c30-24-3-1-2-4-25(24)31-29(35)32-15-16-36-27-18-23(13-14-26(27)32)22-11-9-21(10-12-22)20-7-5-19(6-8-20)17-28(33)34/h1-4,9-14,18-20H,5-8,15-17H2,(H,31,35)(H,33,34). The lowest BCUT2D eigenvalue weighted by Gasteiger charge is -2.30. The Bertz CT molecular complexity index is 1250. The van der Waals surface area contributed by atoms with Crippen molar-refractivity contribution in [3.05, 3.63) is 78.1 Å². The second-order valence-corrected chi connectivity index (χ2v) is 9.53. The van der Waals surface area contributed by atoms with Gasteiger partial charge in [-0.1, -0.05) is 42.5 Å². The summed E-state index contributed by atoms with van der Waals surface area (Å²) in [5, 5.41) is 11.7. The van der Waals surface area contributed by atoms with E-state index in [4.69, 9.17) is 9.84 Å². The summed E-state index contributed by atoms with van der Waals surface area (Å²) < 4.78 is 19.8. The van der Waals surface area contributed by atoms with Gasteiger partial charge in [0.15, 0.2) is 0 Å². The number of carbonyl (C=O) groups is 2. The molecule has 2 aliphatic rings. The van der Waals surface area contributed by atoms with Gasteiger partial charge in [-0.3, -0.25) is 9.69 Å². The van der Waals surface area contributed by atoms with Gasteiger partial charge >= 0.3 is 12.0 Å². The van der Waals surface area contributed by atoms with Crippen molar-refractivity contribution < 1.29 is 23.8 Å². The molecule has 186 valence electrons. The van der Waals surface area contributed by atoms with Crippen LogP contribution in [0.3, 0.4) is 0 Å². The molecule has 6 nitrogen and oxygen atoms in total. The van der Waals surface area contributed by atoms with Gasteiger partial charge in [0.2, 0.25) is 0 Å². The predicted molar refractivity (Wildman–Crippen MR) is 137 cm³/mol. The van der Waals surface area contributed by atoms with E-state index in [9.17, 15) is 14.0 Å². The second kappa shape index (κ2) is 10.4. The summed E-state index contributed by atoms with van der Waals surface area (Å²) in [5.41, 5.74) is 4.12. The number of nitrogens with zero attached hydrogens (tertiary/aromatic N) is 1. The third kappa shape index (κ3) is 5.20. The van der Waals surface area contributed by atoms with Crippen LogP contribution in [0.25, 0.3) is 11.1 Å². The topological polar surface area (TPSA) is 78.9 Å². The molecule has 0 spiro atoms. The number of benzene rings is 3. The molecule has 1 aliphatic heterocycles. The Morgan fingerprint density at radius 2 is 1.69 bits per heavy atom. The van der Waals surface area contributed by atoms with Crippen LogP contribution in [0.1, 0.15) is 43.6 Å². The van der Waals surface area contributed by atoms with E-state index >= 15 is 0 Å². The molecule has 5 rings (SSSR count). The number of nitrogens with one attached hydrogen (secondary N) is 1. The molecule has 3 aromatic rings. The first-order valence-electron chi connectivity index (χ1n) is 12.4. The molecule has 1 heterocycles. The van der Waals surface area contributed by atoms with E-state index in [2.05, 4.69) is 29.6 Å². The summed E-state index contributed by atoms with van der Waals surface area (Å²) in [7, 11) is 0. The smallest absolute Gasteiger partial charge is 0.326 e. The summed E-state index contributed by atoms with van der Waals surface area (Å²) in [6.07, 6.45) is 4.24. The first-order valence-corrected chi connectivity index (χ1v) is 12.4. The fourth-order valence-corrected chi connectivity index (χ4v) is 5.25. The Hall–Kier alpha value is -3.87. The molecule has 36 heavy (non-hydrogen) atoms. The Morgan fingerprint density at radius 1 is 0.972 bits per heavy atom.